The predicted octanol–water partition coefficient (Wildman–Crippen LogP) is 3.56. The number of halogens is 3. The quantitative estimate of drug-likeness (QED) is 0.602. The van der Waals surface area contributed by atoms with Crippen molar-refractivity contribution in [1.29, 1.82) is 0 Å². The van der Waals surface area contributed by atoms with E-state index in [0.29, 0.717) is 0 Å². The Bertz CT molecular complexity index is 859. The zero-order valence-electron chi connectivity index (χ0n) is 12.2. The molecule has 2 aromatic carbocycles. The molecule has 0 N–H and O–H groups in total. The Morgan fingerprint density at radius 3 is 2.08 bits per heavy atom. The molecule has 2 aromatic rings. The fourth-order valence-corrected chi connectivity index (χ4v) is 2.93. The Kier molecular flexibility index (Phi) is 4.83. The summed E-state index contributed by atoms with van der Waals surface area (Å²) >= 11 is 0. The molecule has 0 unspecified atom stereocenters. The van der Waals surface area contributed by atoms with Gasteiger partial charge in [0.15, 0.2) is 17.3 Å². The zero-order valence-corrected chi connectivity index (χ0v) is 13.0. The van der Waals surface area contributed by atoms with Crippen molar-refractivity contribution in [3.8, 4) is 11.5 Å². The van der Waals surface area contributed by atoms with Crippen LogP contribution in [0.15, 0.2) is 53.4 Å². The lowest BCUT2D eigenvalue weighted by atomic mass is 10.1. The number of ether oxygens (including phenoxy) is 1. The monoisotopic (exact) mass is 360 g/mol. The second-order valence-corrected chi connectivity index (χ2v) is 6.10. The van der Waals surface area contributed by atoms with Gasteiger partial charge in [0.25, 0.3) is 0 Å². The number of Topliss-reactive ketones (excluding diaryl/α,β-unsaturated/α-hetero) is 1. The van der Waals surface area contributed by atoms with Crippen molar-refractivity contribution in [2.45, 2.75) is 18.2 Å². The fourth-order valence-electron chi connectivity index (χ4n) is 1.86. The Morgan fingerprint density at radius 1 is 0.958 bits per heavy atom. The molecule has 0 saturated carbocycles. The molecular formula is C15H11F3O5S. The van der Waals surface area contributed by atoms with Crippen LogP contribution < -0.4 is 8.92 Å². The predicted molar refractivity (Wildman–Crippen MR) is 77.4 cm³/mol. The van der Waals surface area contributed by atoms with Crippen molar-refractivity contribution >= 4 is 15.9 Å². The summed E-state index contributed by atoms with van der Waals surface area (Å²) in [4.78, 5) is 10.7. The molecule has 0 aliphatic carbocycles. The van der Waals surface area contributed by atoms with Gasteiger partial charge in [-0.15, -0.1) is 13.2 Å². The van der Waals surface area contributed by atoms with Crippen LogP contribution in [0, 0.1) is 0 Å². The SMILES string of the molecule is CC(=O)c1ccccc1OS(=O)(=O)c1ccccc1OC(F)(F)F. The lowest BCUT2D eigenvalue weighted by Crippen LogP contribution is -2.20. The molecule has 0 amide bonds. The third kappa shape index (κ3) is 4.25. The van der Waals surface area contributed by atoms with Crippen LogP contribution in [0.5, 0.6) is 11.5 Å². The molecule has 9 heteroatoms. The van der Waals surface area contributed by atoms with Crippen LogP contribution in [0.4, 0.5) is 13.2 Å². The zero-order chi connectivity index (χ0) is 18.0. The van der Waals surface area contributed by atoms with E-state index in [1.807, 2.05) is 0 Å². The average Bonchev–Trinajstić information content (AvgIpc) is 2.46. The number of rotatable bonds is 5. The van der Waals surface area contributed by atoms with Gasteiger partial charge < -0.3 is 8.92 Å². The van der Waals surface area contributed by atoms with Gasteiger partial charge in [0.1, 0.15) is 4.90 Å². The number of ketones is 1. The maximum atomic E-state index is 12.4. The smallest absolute Gasteiger partial charge is 0.404 e. The van der Waals surface area contributed by atoms with Crippen molar-refractivity contribution in [3.63, 3.8) is 0 Å². The standard InChI is InChI=1S/C15H11F3O5S/c1-10(19)11-6-2-3-7-12(11)23-24(20,21)14-9-5-4-8-13(14)22-15(16,17)18/h2-9H,1H3. The highest BCUT2D eigenvalue weighted by Gasteiger charge is 2.34. The minimum absolute atomic E-state index is 0.0182. The van der Waals surface area contributed by atoms with Crippen LogP contribution in [0.25, 0.3) is 0 Å². The summed E-state index contributed by atoms with van der Waals surface area (Å²) in [6.45, 7) is 1.20. The topological polar surface area (TPSA) is 69.7 Å². The summed E-state index contributed by atoms with van der Waals surface area (Å²) < 4.78 is 70.4. The third-order valence-corrected chi connectivity index (χ3v) is 4.08. The van der Waals surface area contributed by atoms with Gasteiger partial charge in [-0.05, 0) is 31.2 Å². The Labute approximate surface area is 135 Å². The van der Waals surface area contributed by atoms with E-state index in [-0.39, 0.29) is 11.3 Å². The number of carbonyl (C=O) groups is 1. The van der Waals surface area contributed by atoms with Crippen LogP contribution in [0.3, 0.4) is 0 Å². The van der Waals surface area contributed by atoms with Crippen molar-refractivity contribution in [1.82, 2.24) is 0 Å². The normalized spacial score (nSPS) is 11.8. The molecule has 0 aliphatic heterocycles. The Hall–Kier alpha value is -2.55. The van der Waals surface area contributed by atoms with Crippen molar-refractivity contribution in [3.05, 3.63) is 54.1 Å². The second-order valence-electron chi connectivity index (χ2n) is 4.58. The van der Waals surface area contributed by atoms with E-state index < -0.39 is 32.9 Å². The fraction of sp³-hybridized carbons (Fsp3) is 0.133. The Balaban J connectivity index is 2.45. The first-order valence-corrected chi connectivity index (χ1v) is 7.90. The van der Waals surface area contributed by atoms with E-state index in [9.17, 15) is 26.4 Å². The van der Waals surface area contributed by atoms with Gasteiger partial charge in [-0.1, -0.05) is 24.3 Å². The van der Waals surface area contributed by atoms with Crippen LogP contribution >= 0.6 is 0 Å². The summed E-state index contributed by atoms with van der Waals surface area (Å²) in [7, 11) is -4.65. The van der Waals surface area contributed by atoms with Crippen molar-refractivity contribution in [2.75, 3.05) is 0 Å². The van der Waals surface area contributed by atoms with Gasteiger partial charge in [0, 0.05) is 0 Å². The molecular weight excluding hydrogens is 349 g/mol. The number of para-hydroxylation sites is 2. The lowest BCUT2D eigenvalue weighted by Gasteiger charge is -2.14. The van der Waals surface area contributed by atoms with Gasteiger partial charge in [-0.25, -0.2) is 0 Å². The maximum Gasteiger partial charge on any atom is 0.573 e. The van der Waals surface area contributed by atoms with Crippen LogP contribution in [0.2, 0.25) is 0 Å². The summed E-state index contributed by atoms with van der Waals surface area (Å²) in [6.07, 6.45) is -5.07. The van der Waals surface area contributed by atoms with Gasteiger partial charge in [-0.3, -0.25) is 4.79 Å². The molecule has 0 fully saturated rings. The summed E-state index contributed by atoms with van der Waals surface area (Å²) in [5, 5.41) is 0. The first-order chi connectivity index (χ1) is 11.1. The molecule has 5 nitrogen and oxygen atoms in total. The van der Waals surface area contributed by atoms with Crippen molar-refractivity contribution in [2.24, 2.45) is 0 Å². The lowest BCUT2D eigenvalue weighted by molar-refractivity contribution is -0.275. The highest BCUT2D eigenvalue weighted by molar-refractivity contribution is 7.87. The summed E-state index contributed by atoms with van der Waals surface area (Å²) in [6, 6.07) is 9.65. The van der Waals surface area contributed by atoms with Gasteiger partial charge in [0.2, 0.25) is 0 Å². The largest absolute Gasteiger partial charge is 0.573 e. The minimum atomic E-state index is -5.07. The molecule has 0 bridgehead atoms. The number of carbonyl (C=O) groups excluding carboxylic acids is 1. The number of benzene rings is 2. The third-order valence-electron chi connectivity index (χ3n) is 2.81. The second kappa shape index (κ2) is 6.52. The first kappa shape index (κ1) is 17.8. The van der Waals surface area contributed by atoms with Gasteiger partial charge >= 0.3 is 16.5 Å². The number of hydrogen-bond acceptors (Lipinski definition) is 5. The Morgan fingerprint density at radius 2 is 1.50 bits per heavy atom. The molecule has 24 heavy (non-hydrogen) atoms. The first-order valence-electron chi connectivity index (χ1n) is 6.49. The number of hydrogen-bond donors (Lipinski definition) is 0. The summed E-state index contributed by atoms with van der Waals surface area (Å²) in [5.74, 6) is -1.67. The van der Waals surface area contributed by atoms with Crippen LogP contribution in [-0.2, 0) is 10.1 Å². The minimum Gasteiger partial charge on any atom is -0.404 e. The molecule has 2 rings (SSSR count). The van der Waals surface area contributed by atoms with Crippen LogP contribution in [-0.4, -0.2) is 20.6 Å². The molecule has 0 saturated heterocycles. The highest BCUT2D eigenvalue weighted by atomic mass is 32.2. The molecule has 0 heterocycles. The molecule has 0 spiro atoms. The maximum absolute atomic E-state index is 12.4. The van der Waals surface area contributed by atoms with Gasteiger partial charge in [0.05, 0.1) is 5.56 Å². The molecule has 128 valence electrons. The van der Waals surface area contributed by atoms with E-state index in [1.165, 1.54) is 43.3 Å². The molecule has 0 radical (unpaired) electrons. The van der Waals surface area contributed by atoms with E-state index in [0.717, 1.165) is 12.1 Å². The number of alkyl halides is 3. The highest BCUT2D eigenvalue weighted by Crippen LogP contribution is 2.32. The van der Waals surface area contributed by atoms with Crippen molar-refractivity contribution < 1.29 is 35.3 Å². The molecule has 0 aliphatic rings. The summed E-state index contributed by atoms with van der Waals surface area (Å²) in [5.41, 5.74) is -0.0182. The van der Waals surface area contributed by atoms with Crippen LogP contribution in [0.1, 0.15) is 17.3 Å². The average molecular weight is 360 g/mol. The van der Waals surface area contributed by atoms with Gasteiger partial charge in [-0.2, -0.15) is 8.42 Å². The van der Waals surface area contributed by atoms with E-state index >= 15 is 0 Å². The van der Waals surface area contributed by atoms with E-state index in [4.69, 9.17) is 4.18 Å². The van der Waals surface area contributed by atoms with E-state index in [1.54, 1.807) is 0 Å². The molecule has 0 aromatic heterocycles. The van der Waals surface area contributed by atoms with E-state index in [2.05, 4.69) is 4.74 Å². The molecule has 0 atom stereocenters.